The molecule has 0 spiro atoms. The van der Waals surface area contributed by atoms with Gasteiger partial charge in [0.1, 0.15) is 23.0 Å². The molecule has 0 unspecified atom stereocenters. The quantitative estimate of drug-likeness (QED) is 0.0620. The maximum atomic E-state index is 6.98. The van der Waals surface area contributed by atoms with Crippen molar-refractivity contribution in [3.8, 4) is 23.0 Å². The summed E-state index contributed by atoms with van der Waals surface area (Å²) in [5.41, 5.74) is 6.06. The second-order valence-electron chi connectivity index (χ2n) is 22.6. The summed E-state index contributed by atoms with van der Waals surface area (Å²) in [6.45, 7) is 28.6. The lowest BCUT2D eigenvalue weighted by molar-refractivity contribution is 0.0885. The summed E-state index contributed by atoms with van der Waals surface area (Å²) >= 11 is 0. The fourth-order valence-electron chi connectivity index (χ4n) is 10.7. The van der Waals surface area contributed by atoms with Gasteiger partial charge in [0.05, 0.1) is 25.4 Å². The van der Waals surface area contributed by atoms with Gasteiger partial charge in [-0.3, -0.25) is 0 Å². The van der Waals surface area contributed by atoms with E-state index in [2.05, 4.69) is 180 Å². The molecule has 6 aromatic rings. The summed E-state index contributed by atoms with van der Waals surface area (Å²) in [6, 6.07) is 30.8. The van der Waals surface area contributed by atoms with Crippen molar-refractivity contribution in [1.82, 2.24) is 0 Å². The van der Waals surface area contributed by atoms with Crippen LogP contribution in [0, 0.1) is 22.7 Å². The Labute approximate surface area is 410 Å². The standard InChI is InChI=1S/C36H50O2.C28H34O2/c1-8-24-13-22-31-32(23-24)34(38-28-20-16-26(17-21-28)36(5,6)7)30-12-10-9-11-29(30)33(31)37-27-18-14-25(15-19-27)35(2,3)4;1-6-22-15-16-25-26(19-22)28(30-18-10-12-21(4)5)24-14-8-7-13-23(24)27(25)29-17-9-11-20(2)3/h9-13,22-23,25-28H,8,14-21H2,1-7H3;7-8,11-16,19H,6,9-10,17-18H2,1-5H3. The van der Waals surface area contributed by atoms with Gasteiger partial charge in [0.25, 0.3) is 0 Å². The first-order valence-electron chi connectivity index (χ1n) is 26.4. The highest BCUT2D eigenvalue weighted by Gasteiger charge is 2.33. The van der Waals surface area contributed by atoms with Crippen LogP contribution in [0.15, 0.2) is 108 Å². The van der Waals surface area contributed by atoms with Crippen LogP contribution in [0.5, 0.6) is 23.0 Å². The van der Waals surface area contributed by atoms with Crippen molar-refractivity contribution in [3.63, 3.8) is 0 Å². The van der Waals surface area contributed by atoms with E-state index in [1.807, 2.05) is 0 Å². The Bertz CT molecular complexity index is 2680. The minimum absolute atomic E-state index is 0.282. The molecule has 4 nitrogen and oxygen atoms in total. The van der Waals surface area contributed by atoms with E-state index in [0.29, 0.717) is 24.0 Å². The van der Waals surface area contributed by atoms with Gasteiger partial charge in [-0.15, -0.1) is 0 Å². The van der Waals surface area contributed by atoms with Crippen molar-refractivity contribution in [2.45, 2.75) is 172 Å². The summed E-state index contributed by atoms with van der Waals surface area (Å²) in [6.07, 6.45) is 18.4. The summed E-state index contributed by atoms with van der Waals surface area (Å²) in [4.78, 5) is 0. The highest BCUT2D eigenvalue weighted by atomic mass is 16.5. The second kappa shape index (κ2) is 22.6. The fourth-order valence-corrected chi connectivity index (χ4v) is 10.7. The van der Waals surface area contributed by atoms with Crippen LogP contribution in [-0.2, 0) is 12.8 Å². The highest BCUT2D eigenvalue weighted by Crippen LogP contribution is 2.48. The van der Waals surface area contributed by atoms with Gasteiger partial charge in [0.2, 0.25) is 0 Å². The van der Waals surface area contributed by atoms with E-state index in [1.165, 1.54) is 69.5 Å². The Hall–Kier alpha value is -4.96. The summed E-state index contributed by atoms with van der Waals surface area (Å²) in [5.74, 6) is 5.62. The average Bonchev–Trinajstić information content (AvgIpc) is 3.32. The monoisotopic (exact) mass is 917 g/mol. The molecule has 8 rings (SSSR count). The number of allylic oxidation sites excluding steroid dienone is 2. The van der Waals surface area contributed by atoms with Gasteiger partial charge < -0.3 is 18.9 Å². The van der Waals surface area contributed by atoms with Crippen LogP contribution in [0.2, 0.25) is 0 Å². The van der Waals surface area contributed by atoms with E-state index < -0.39 is 0 Å². The first-order valence-corrected chi connectivity index (χ1v) is 26.4. The minimum atomic E-state index is 0.282. The van der Waals surface area contributed by atoms with Crippen molar-refractivity contribution in [2.24, 2.45) is 22.7 Å². The number of hydrogen-bond acceptors (Lipinski definition) is 4. The number of fused-ring (bicyclic) bond motifs is 4. The molecule has 6 aromatic carbocycles. The molecule has 364 valence electrons. The summed E-state index contributed by atoms with van der Waals surface area (Å²) in [5, 5.41) is 9.32. The van der Waals surface area contributed by atoms with Crippen molar-refractivity contribution in [2.75, 3.05) is 13.2 Å². The average molecular weight is 917 g/mol. The van der Waals surface area contributed by atoms with Crippen LogP contribution in [0.25, 0.3) is 43.1 Å². The predicted octanol–water partition coefficient (Wildman–Crippen LogP) is 18.5. The molecular formula is C64H84O4. The smallest absolute Gasteiger partial charge is 0.135 e. The first kappa shape index (κ1) is 50.9. The van der Waals surface area contributed by atoms with Gasteiger partial charge in [0.15, 0.2) is 0 Å². The lowest BCUT2D eigenvalue weighted by Gasteiger charge is -2.37. The lowest BCUT2D eigenvalue weighted by Crippen LogP contribution is -2.31. The normalized spacial score (nSPS) is 18.8. The first-order chi connectivity index (χ1) is 32.5. The Balaban J connectivity index is 0.000000207. The molecule has 0 heterocycles. The molecule has 0 aromatic heterocycles. The highest BCUT2D eigenvalue weighted by molar-refractivity contribution is 6.12. The second-order valence-corrected chi connectivity index (χ2v) is 22.6. The Morgan fingerprint density at radius 3 is 1.13 bits per heavy atom. The van der Waals surface area contributed by atoms with Gasteiger partial charge in [-0.25, -0.2) is 0 Å². The van der Waals surface area contributed by atoms with Gasteiger partial charge in [0, 0.05) is 43.1 Å². The van der Waals surface area contributed by atoms with Crippen molar-refractivity contribution in [3.05, 3.63) is 119 Å². The minimum Gasteiger partial charge on any atom is -0.492 e. The zero-order valence-electron chi connectivity index (χ0n) is 44.1. The Morgan fingerprint density at radius 2 is 0.765 bits per heavy atom. The lowest BCUT2D eigenvalue weighted by atomic mass is 9.72. The van der Waals surface area contributed by atoms with E-state index in [1.54, 1.807) is 0 Å². The number of ether oxygens (including phenoxy) is 4. The zero-order valence-corrected chi connectivity index (χ0v) is 44.1. The maximum Gasteiger partial charge on any atom is 0.135 e. The van der Waals surface area contributed by atoms with Crippen molar-refractivity contribution in [1.29, 1.82) is 0 Å². The molecule has 0 amide bonds. The van der Waals surface area contributed by atoms with Crippen LogP contribution in [0.4, 0.5) is 0 Å². The van der Waals surface area contributed by atoms with E-state index in [4.69, 9.17) is 18.9 Å². The third kappa shape index (κ3) is 12.4. The van der Waals surface area contributed by atoms with E-state index >= 15 is 0 Å². The maximum absolute atomic E-state index is 6.98. The van der Waals surface area contributed by atoms with Gasteiger partial charge in [-0.1, -0.05) is 151 Å². The molecule has 2 fully saturated rings. The van der Waals surface area contributed by atoms with Crippen LogP contribution < -0.4 is 18.9 Å². The number of aryl methyl sites for hydroxylation is 2. The molecule has 0 saturated heterocycles. The third-order valence-corrected chi connectivity index (χ3v) is 15.0. The molecule has 0 bridgehead atoms. The van der Waals surface area contributed by atoms with Crippen LogP contribution in [0.3, 0.4) is 0 Å². The number of benzene rings is 6. The van der Waals surface area contributed by atoms with Crippen LogP contribution in [-0.4, -0.2) is 25.4 Å². The molecule has 2 aliphatic rings. The fraction of sp³-hybridized carbons (Fsp3) is 0.500. The molecule has 0 aliphatic heterocycles. The van der Waals surface area contributed by atoms with Gasteiger partial charge in [-0.2, -0.15) is 0 Å². The number of hydrogen-bond donors (Lipinski definition) is 0. The van der Waals surface area contributed by atoms with E-state index in [-0.39, 0.29) is 12.2 Å². The van der Waals surface area contributed by atoms with E-state index in [9.17, 15) is 0 Å². The molecule has 0 N–H and O–H groups in total. The molecule has 0 atom stereocenters. The Kier molecular flexibility index (Phi) is 16.9. The van der Waals surface area contributed by atoms with Crippen molar-refractivity contribution < 1.29 is 18.9 Å². The molecule has 68 heavy (non-hydrogen) atoms. The van der Waals surface area contributed by atoms with E-state index in [0.717, 1.165) is 108 Å². The largest absolute Gasteiger partial charge is 0.492 e. The molecule has 2 saturated carbocycles. The number of rotatable bonds is 14. The molecule has 4 heteroatoms. The summed E-state index contributed by atoms with van der Waals surface area (Å²) in [7, 11) is 0. The zero-order chi connectivity index (χ0) is 48.6. The molecule has 2 aliphatic carbocycles. The molecular weight excluding hydrogens is 833 g/mol. The predicted molar refractivity (Wildman–Crippen MR) is 292 cm³/mol. The van der Waals surface area contributed by atoms with Crippen LogP contribution >= 0.6 is 0 Å². The summed E-state index contributed by atoms with van der Waals surface area (Å²) < 4.78 is 26.7. The van der Waals surface area contributed by atoms with Crippen molar-refractivity contribution >= 4 is 43.1 Å². The third-order valence-electron chi connectivity index (χ3n) is 15.0. The van der Waals surface area contributed by atoms with Gasteiger partial charge >= 0.3 is 0 Å². The molecule has 0 radical (unpaired) electrons. The SMILES string of the molecule is CCc1ccc2c(OC3CCC(C(C)(C)C)CC3)c3ccccc3c(OC3CCC(C(C)(C)C)CC3)c2c1.CCc1ccc2c(OCCC=C(C)C)c3ccccc3c(OCCC=C(C)C)c2c1. The van der Waals surface area contributed by atoms with Gasteiger partial charge in [-0.05, 0) is 151 Å². The Morgan fingerprint density at radius 1 is 0.441 bits per heavy atom. The topological polar surface area (TPSA) is 36.9 Å². The van der Waals surface area contributed by atoms with Crippen LogP contribution in [0.1, 0.15) is 158 Å².